The van der Waals surface area contributed by atoms with E-state index in [1.54, 1.807) is 0 Å². The van der Waals surface area contributed by atoms with Crippen molar-refractivity contribution in [3.8, 4) is 11.4 Å². The Labute approximate surface area is 112 Å². The molecule has 0 spiro atoms. The summed E-state index contributed by atoms with van der Waals surface area (Å²) in [6.45, 7) is 4.34. The van der Waals surface area contributed by atoms with Gasteiger partial charge in [0.15, 0.2) is 0 Å². The van der Waals surface area contributed by atoms with E-state index in [0.717, 1.165) is 18.4 Å². The highest BCUT2D eigenvalue weighted by Crippen LogP contribution is 2.36. The first-order valence-corrected chi connectivity index (χ1v) is 6.75. The Morgan fingerprint density at radius 2 is 1.89 bits per heavy atom. The minimum atomic E-state index is -0.203. The summed E-state index contributed by atoms with van der Waals surface area (Å²) in [5.74, 6) is 2.03. The summed E-state index contributed by atoms with van der Waals surface area (Å²) in [5, 5.41) is 13.3. The summed E-state index contributed by atoms with van der Waals surface area (Å²) in [7, 11) is 0. The third-order valence-corrected chi connectivity index (χ3v) is 3.74. The minimum Gasteiger partial charge on any atom is -0.393 e. The van der Waals surface area contributed by atoms with Gasteiger partial charge < -0.3 is 9.63 Å². The van der Waals surface area contributed by atoms with Crippen LogP contribution in [0.1, 0.15) is 50.0 Å². The van der Waals surface area contributed by atoms with Crippen LogP contribution in [-0.4, -0.2) is 21.4 Å². The van der Waals surface area contributed by atoms with Crippen LogP contribution >= 0.6 is 0 Å². The lowest BCUT2D eigenvalue weighted by atomic mass is 9.82. The molecule has 0 unspecified atom stereocenters. The lowest BCUT2D eigenvalue weighted by Gasteiger charge is -2.27. The molecule has 0 radical (unpaired) electrons. The number of rotatable bonds is 3. The molecule has 19 heavy (non-hydrogen) atoms. The second-order valence-corrected chi connectivity index (χ2v) is 5.56. The number of aromatic nitrogens is 2. The first-order valence-electron chi connectivity index (χ1n) is 6.75. The summed E-state index contributed by atoms with van der Waals surface area (Å²) >= 11 is 0. The standard InChI is InChI=1S/C15H18N2O2/c1-9(2)10-3-5-11(6-4-10)14-16-15(19-17-14)12-7-13(18)8-12/h3-6,9,12-13,18H,7-8H2,1-2H3. The van der Waals surface area contributed by atoms with Gasteiger partial charge in [0.25, 0.3) is 0 Å². The van der Waals surface area contributed by atoms with Gasteiger partial charge in [0.1, 0.15) is 0 Å². The van der Waals surface area contributed by atoms with E-state index in [1.165, 1.54) is 5.56 Å². The van der Waals surface area contributed by atoms with Crippen LogP contribution in [0.25, 0.3) is 11.4 Å². The van der Waals surface area contributed by atoms with Crippen LogP contribution in [0.15, 0.2) is 28.8 Å². The molecule has 1 heterocycles. The second-order valence-electron chi connectivity index (χ2n) is 5.56. The highest BCUT2D eigenvalue weighted by molar-refractivity contribution is 5.54. The average molecular weight is 258 g/mol. The third kappa shape index (κ3) is 2.40. The van der Waals surface area contributed by atoms with E-state index in [1.807, 2.05) is 12.1 Å². The van der Waals surface area contributed by atoms with Crippen molar-refractivity contribution < 1.29 is 9.63 Å². The second kappa shape index (κ2) is 4.78. The fourth-order valence-electron chi connectivity index (χ4n) is 2.32. The molecule has 1 N–H and O–H groups in total. The maximum atomic E-state index is 9.30. The number of hydrogen-bond acceptors (Lipinski definition) is 4. The Bertz CT molecular complexity index is 554. The number of aliphatic hydroxyl groups excluding tert-OH is 1. The Balaban J connectivity index is 1.78. The lowest BCUT2D eigenvalue weighted by molar-refractivity contribution is 0.0625. The largest absolute Gasteiger partial charge is 0.393 e. The molecule has 1 aromatic heterocycles. The molecule has 3 rings (SSSR count). The monoisotopic (exact) mass is 258 g/mol. The van der Waals surface area contributed by atoms with Crippen LogP contribution in [0.5, 0.6) is 0 Å². The first-order chi connectivity index (χ1) is 9.13. The van der Waals surface area contributed by atoms with E-state index >= 15 is 0 Å². The van der Waals surface area contributed by atoms with Crippen LogP contribution in [0.4, 0.5) is 0 Å². The van der Waals surface area contributed by atoms with Crippen LogP contribution in [-0.2, 0) is 0 Å². The van der Waals surface area contributed by atoms with Gasteiger partial charge in [0.2, 0.25) is 11.7 Å². The normalized spacial score (nSPS) is 22.5. The van der Waals surface area contributed by atoms with Crippen molar-refractivity contribution in [3.05, 3.63) is 35.7 Å². The zero-order valence-electron chi connectivity index (χ0n) is 11.2. The van der Waals surface area contributed by atoms with Crippen molar-refractivity contribution in [3.63, 3.8) is 0 Å². The predicted molar refractivity (Wildman–Crippen MR) is 71.8 cm³/mol. The zero-order chi connectivity index (χ0) is 13.4. The van der Waals surface area contributed by atoms with Crippen LogP contribution < -0.4 is 0 Å². The van der Waals surface area contributed by atoms with Crippen LogP contribution in [0.2, 0.25) is 0 Å². The predicted octanol–water partition coefficient (Wildman–Crippen LogP) is 3.10. The Kier molecular flexibility index (Phi) is 3.11. The van der Waals surface area contributed by atoms with Gasteiger partial charge in [-0.2, -0.15) is 4.98 Å². The highest BCUT2D eigenvalue weighted by Gasteiger charge is 2.33. The zero-order valence-corrected chi connectivity index (χ0v) is 11.2. The summed E-state index contributed by atoms with van der Waals surface area (Å²) < 4.78 is 5.28. The molecule has 100 valence electrons. The number of hydrogen-bond donors (Lipinski definition) is 1. The molecule has 0 amide bonds. The quantitative estimate of drug-likeness (QED) is 0.919. The maximum Gasteiger partial charge on any atom is 0.230 e. The van der Waals surface area contributed by atoms with Crippen molar-refractivity contribution in [2.24, 2.45) is 0 Å². The van der Waals surface area contributed by atoms with Crippen molar-refractivity contribution in [1.29, 1.82) is 0 Å². The molecule has 1 fully saturated rings. The molecule has 1 aromatic carbocycles. The maximum absolute atomic E-state index is 9.30. The SMILES string of the molecule is CC(C)c1ccc(-c2noc(C3CC(O)C3)n2)cc1. The molecule has 0 aliphatic heterocycles. The van der Waals surface area contributed by atoms with Gasteiger partial charge in [-0.05, 0) is 24.3 Å². The molecule has 2 aromatic rings. The smallest absolute Gasteiger partial charge is 0.230 e. The number of benzene rings is 1. The molecule has 1 aliphatic rings. The molecule has 0 atom stereocenters. The van der Waals surface area contributed by atoms with Gasteiger partial charge in [-0.15, -0.1) is 0 Å². The van der Waals surface area contributed by atoms with E-state index < -0.39 is 0 Å². The Hall–Kier alpha value is -1.68. The first kappa shape index (κ1) is 12.4. The van der Waals surface area contributed by atoms with Gasteiger partial charge in [0.05, 0.1) is 6.10 Å². The van der Waals surface area contributed by atoms with Crippen molar-refractivity contribution in [2.75, 3.05) is 0 Å². The molecular weight excluding hydrogens is 240 g/mol. The van der Waals surface area contributed by atoms with E-state index in [4.69, 9.17) is 4.52 Å². The summed E-state index contributed by atoms with van der Waals surface area (Å²) in [6, 6.07) is 8.26. The van der Waals surface area contributed by atoms with Gasteiger partial charge in [-0.1, -0.05) is 43.3 Å². The average Bonchev–Trinajstić information content (AvgIpc) is 2.84. The van der Waals surface area contributed by atoms with E-state index in [9.17, 15) is 5.11 Å². The Morgan fingerprint density at radius 1 is 1.21 bits per heavy atom. The molecule has 1 aliphatic carbocycles. The molecule has 1 saturated carbocycles. The number of nitrogens with zero attached hydrogens (tertiary/aromatic N) is 2. The molecule has 0 saturated heterocycles. The molecule has 4 heteroatoms. The van der Waals surface area contributed by atoms with Gasteiger partial charge in [-0.3, -0.25) is 0 Å². The Morgan fingerprint density at radius 3 is 2.47 bits per heavy atom. The van der Waals surface area contributed by atoms with Gasteiger partial charge >= 0.3 is 0 Å². The van der Waals surface area contributed by atoms with E-state index in [-0.39, 0.29) is 12.0 Å². The molecule has 0 bridgehead atoms. The van der Waals surface area contributed by atoms with E-state index in [2.05, 4.69) is 36.1 Å². The van der Waals surface area contributed by atoms with Crippen LogP contribution in [0, 0.1) is 0 Å². The van der Waals surface area contributed by atoms with Gasteiger partial charge in [-0.25, -0.2) is 0 Å². The fourth-order valence-corrected chi connectivity index (χ4v) is 2.32. The third-order valence-electron chi connectivity index (χ3n) is 3.74. The minimum absolute atomic E-state index is 0.203. The van der Waals surface area contributed by atoms with E-state index in [0.29, 0.717) is 17.6 Å². The highest BCUT2D eigenvalue weighted by atomic mass is 16.5. The summed E-state index contributed by atoms with van der Waals surface area (Å²) in [5.41, 5.74) is 2.27. The molecule has 4 nitrogen and oxygen atoms in total. The molecular formula is C15H18N2O2. The topological polar surface area (TPSA) is 59.2 Å². The van der Waals surface area contributed by atoms with Crippen molar-refractivity contribution >= 4 is 0 Å². The van der Waals surface area contributed by atoms with Crippen molar-refractivity contribution in [2.45, 2.75) is 44.6 Å². The summed E-state index contributed by atoms with van der Waals surface area (Å²) in [6.07, 6.45) is 1.26. The van der Waals surface area contributed by atoms with Crippen molar-refractivity contribution in [1.82, 2.24) is 10.1 Å². The lowest BCUT2D eigenvalue weighted by Crippen LogP contribution is -2.26. The number of aliphatic hydroxyl groups is 1. The summed E-state index contributed by atoms with van der Waals surface area (Å²) in [4.78, 5) is 4.42. The fraction of sp³-hybridized carbons (Fsp3) is 0.467. The van der Waals surface area contributed by atoms with Crippen LogP contribution in [0.3, 0.4) is 0 Å². The van der Waals surface area contributed by atoms with Gasteiger partial charge in [0, 0.05) is 11.5 Å².